The van der Waals surface area contributed by atoms with Gasteiger partial charge in [0, 0.05) is 31.9 Å². The van der Waals surface area contributed by atoms with Crippen LogP contribution in [0.3, 0.4) is 0 Å². The highest BCUT2D eigenvalue weighted by atomic mass is 19.1. The van der Waals surface area contributed by atoms with Gasteiger partial charge in [-0.05, 0) is 18.2 Å². The summed E-state index contributed by atoms with van der Waals surface area (Å²) in [5, 5.41) is 8.59. The van der Waals surface area contributed by atoms with Gasteiger partial charge in [-0.3, -0.25) is 9.78 Å². The van der Waals surface area contributed by atoms with Crippen LogP contribution in [0.25, 0.3) is 11.3 Å². The number of carbonyl (C=O) groups is 1. The van der Waals surface area contributed by atoms with Crippen molar-refractivity contribution in [2.75, 3.05) is 25.0 Å². The Morgan fingerprint density at radius 3 is 2.56 bits per heavy atom. The van der Waals surface area contributed by atoms with Crippen molar-refractivity contribution in [3.05, 3.63) is 72.3 Å². The molecule has 6 nitrogen and oxygen atoms in total. The van der Waals surface area contributed by atoms with Crippen LogP contribution >= 0.6 is 0 Å². The molecule has 136 valence electrons. The van der Waals surface area contributed by atoms with Crippen molar-refractivity contribution in [2.45, 2.75) is 6.04 Å². The Hall–Kier alpha value is -3.35. The predicted octanol–water partition coefficient (Wildman–Crippen LogP) is 2.64. The van der Waals surface area contributed by atoms with Crippen LogP contribution in [0.2, 0.25) is 0 Å². The van der Waals surface area contributed by atoms with Crippen LogP contribution in [-0.2, 0) is 0 Å². The van der Waals surface area contributed by atoms with E-state index >= 15 is 0 Å². The predicted molar refractivity (Wildman–Crippen MR) is 99.8 cm³/mol. The summed E-state index contributed by atoms with van der Waals surface area (Å²) in [6, 6.07) is 15.0. The molecule has 4 rings (SSSR count). The maximum Gasteiger partial charge on any atom is 0.255 e. The highest BCUT2D eigenvalue weighted by Crippen LogP contribution is 2.24. The van der Waals surface area contributed by atoms with Gasteiger partial charge >= 0.3 is 0 Å². The number of aromatic nitrogens is 3. The van der Waals surface area contributed by atoms with Crippen LogP contribution in [0.15, 0.2) is 60.9 Å². The summed E-state index contributed by atoms with van der Waals surface area (Å²) in [5.74, 6) is 0.0228. The number of nitrogens with zero attached hydrogens (tertiary/aromatic N) is 5. The lowest BCUT2D eigenvalue weighted by Crippen LogP contribution is -2.60. The van der Waals surface area contributed by atoms with Crippen molar-refractivity contribution < 1.29 is 9.18 Å². The molecule has 1 aromatic carbocycles. The number of halogens is 1. The Bertz CT molecular complexity index is 942. The zero-order valence-corrected chi connectivity index (χ0v) is 14.8. The van der Waals surface area contributed by atoms with E-state index < -0.39 is 5.82 Å². The van der Waals surface area contributed by atoms with E-state index in [0.29, 0.717) is 13.1 Å². The van der Waals surface area contributed by atoms with Gasteiger partial charge in [-0.2, -0.15) is 0 Å². The molecule has 0 unspecified atom stereocenters. The van der Waals surface area contributed by atoms with Gasteiger partial charge in [0.1, 0.15) is 5.82 Å². The Labute approximate surface area is 156 Å². The minimum atomic E-state index is -0.515. The van der Waals surface area contributed by atoms with Crippen molar-refractivity contribution in [3.8, 4) is 11.3 Å². The molecular weight excluding hydrogens is 345 g/mol. The Morgan fingerprint density at radius 2 is 1.89 bits per heavy atom. The number of pyridine rings is 1. The first-order chi connectivity index (χ1) is 13.1. The molecular formula is C20H18FN5O. The van der Waals surface area contributed by atoms with Crippen molar-refractivity contribution in [1.82, 2.24) is 20.1 Å². The topological polar surface area (TPSA) is 62.2 Å². The van der Waals surface area contributed by atoms with Gasteiger partial charge in [0.2, 0.25) is 0 Å². The molecule has 0 atom stereocenters. The second kappa shape index (κ2) is 7.11. The van der Waals surface area contributed by atoms with Crippen LogP contribution in [-0.4, -0.2) is 52.2 Å². The molecule has 27 heavy (non-hydrogen) atoms. The van der Waals surface area contributed by atoms with Gasteiger partial charge < -0.3 is 9.80 Å². The van der Waals surface area contributed by atoms with E-state index in [4.69, 9.17) is 0 Å². The molecule has 1 saturated heterocycles. The molecule has 1 aliphatic heterocycles. The monoisotopic (exact) mass is 363 g/mol. The fraction of sp³-hybridized carbons (Fsp3) is 0.200. The Balaban J connectivity index is 1.38. The summed E-state index contributed by atoms with van der Waals surface area (Å²) < 4.78 is 13.3. The van der Waals surface area contributed by atoms with Crippen LogP contribution < -0.4 is 4.90 Å². The highest BCUT2D eigenvalue weighted by Gasteiger charge is 2.33. The molecule has 0 N–H and O–H groups in total. The number of carbonyl (C=O) groups excluding carboxylic acids is 1. The molecule has 2 aromatic heterocycles. The average molecular weight is 363 g/mol. The zero-order chi connectivity index (χ0) is 18.8. The quantitative estimate of drug-likeness (QED) is 0.713. The van der Waals surface area contributed by atoms with Crippen LogP contribution in [0.4, 0.5) is 10.2 Å². The summed E-state index contributed by atoms with van der Waals surface area (Å²) in [7, 11) is 1.72. The van der Waals surface area contributed by atoms with Crippen molar-refractivity contribution in [1.29, 1.82) is 0 Å². The van der Waals surface area contributed by atoms with Crippen LogP contribution in [0, 0.1) is 5.82 Å². The molecule has 3 aromatic rings. The fourth-order valence-corrected chi connectivity index (χ4v) is 3.04. The third kappa shape index (κ3) is 3.48. The molecule has 1 fully saturated rings. The van der Waals surface area contributed by atoms with Gasteiger partial charge in [-0.25, -0.2) is 4.39 Å². The average Bonchev–Trinajstić information content (AvgIpc) is 2.67. The first-order valence-electron chi connectivity index (χ1n) is 8.63. The maximum absolute atomic E-state index is 13.3. The highest BCUT2D eigenvalue weighted by molar-refractivity contribution is 5.94. The molecule has 0 aliphatic carbocycles. The molecule has 7 heteroatoms. The lowest BCUT2D eigenvalue weighted by atomic mass is 10.1. The summed E-state index contributed by atoms with van der Waals surface area (Å²) in [4.78, 5) is 19.9. The van der Waals surface area contributed by atoms with Gasteiger partial charge in [-0.15, -0.1) is 10.2 Å². The van der Waals surface area contributed by atoms with Crippen LogP contribution in [0.1, 0.15) is 10.4 Å². The van der Waals surface area contributed by atoms with Crippen molar-refractivity contribution >= 4 is 11.7 Å². The van der Waals surface area contributed by atoms with Gasteiger partial charge in [0.25, 0.3) is 5.91 Å². The molecule has 1 aliphatic rings. The number of likely N-dealkylation sites (N-methyl/N-ethyl adjacent to an activating group) is 1. The van der Waals surface area contributed by atoms with E-state index in [1.807, 2.05) is 42.5 Å². The summed E-state index contributed by atoms with van der Waals surface area (Å²) in [6.07, 6.45) is 2.46. The first-order valence-corrected chi connectivity index (χ1v) is 8.63. The minimum Gasteiger partial charge on any atom is -0.351 e. The zero-order valence-electron chi connectivity index (χ0n) is 14.8. The molecule has 0 radical (unpaired) electrons. The Kier molecular flexibility index (Phi) is 4.50. The maximum atomic E-state index is 13.3. The summed E-state index contributed by atoms with van der Waals surface area (Å²) >= 11 is 0. The lowest BCUT2D eigenvalue weighted by Gasteiger charge is -2.44. The van der Waals surface area contributed by atoms with Gasteiger partial charge in [0.15, 0.2) is 5.82 Å². The second-order valence-electron chi connectivity index (χ2n) is 6.51. The van der Waals surface area contributed by atoms with Crippen LogP contribution in [0.5, 0.6) is 0 Å². The number of amides is 1. The third-order valence-electron chi connectivity index (χ3n) is 4.73. The fourth-order valence-electron chi connectivity index (χ4n) is 3.04. The first kappa shape index (κ1) is 17.1. The molecule has 0 bridgehead atoms. The molecule has 3 heterocycles. The lowest BCUT2D eigenvalue weighted by molar-refractivity contribution is 0.0704. The SMILES string of the molecule is CN(C(=O)c1cncc(F)c1)C1CN(c2ccc(-c3ccccc3)nn2)C1. The van der Waals surface area contributed by atoms with Crippen molar-refractivity contribution in [3.63, 3.8) is 0 Å². The standard InChI is InChI=1S/C20H18FN5O/c1-25(20(27)15-9-16(21)11-22-10-15)17-12-26(13-17)19-8-7-18(23-24-19)14-5-3-2-4-6-14/h2-11,17H,12-13H2,1H3. The van der Waals surface area contributed by atoms with E-state index in [1.165, 1.54) is 12.3 Å². The second-order valence-corrected chi connectivity index (χ2v) is 6.51. The van der Waals surface area contributed by atoms with Gasteiger partial charge in [-0.1, -0.05) is 30.3 Å². The van der Waals surface area contributed by atoms with Crippen molar-refractivity contribution in [2.24, 2.45) is 0 Å². The smallest absolute Gasteiger partial charge is 0.255 e. The number of hydrogen-bond acceptors (Lipinski definition) is 5. The number of anilines is 1. The number of hydrogen-bond donors (Lipinski definition) is 0. The van der Waals surface area contributed by atoms with E-state index in [-0.39, 0.29) is 17.5 Å². The molecule has 0 spiro atoms. The van der Waals surface area contributed by atoms with E-state index in [9.17, 15) is 9.18 Å². The normalized spacial score (nSPS) is 13.9. The van der Waals surface area contributed by atoms with Gasteiger partial charge in [0.05, 0.1) is 23.5 Å². The summed E-state index contributed by atoms with van der Waals surface area (Å²) in [6.45, 7) is 1.31. The molecule has 1 amide bonds. The summed E-state index contributed by atoms with van der Waals surface area (Å²) in [5.41, 5.74) is 2.09. The van der Waals surface area contributed by atoms with E-state index in [0.717, 1.165) is 23.3 Å². The number of benzene rings is 1. The Morgan fingerprint density at radius 1 is 1.11 bits per heavy atom. The third-order valence-corrected chi connectivity index (χ3v) is 4.73. The largest absolute Gasteiger partial charge is 0.351 e. The van der Waals surface area contributed by atoms with E-state index in [1.54, 1.807) is 11.9 Å². The number of rotatable bonds is 4. The molecule has 0 saturated carbocycles. The minimum absolute atomic E-state index is 0.0383. The van der Waals surface area contributed by atoms with E-state index in [2.05, 4.69) is 20.1 Å².